The van der Waals surface area contributed by atoms with Gasteiger partial charge in [-0.05, 0) is 0 Å². The van der Waals surface area contributed by atoms with Crippen LogP contribution in [-0.2, 0) is 0 Å². The maximum Gasteiger partial charge on any atom is 2.00 e. The third-order valence-corrected chi connectivity index (χ3v) is 0. The van der Waals surface area contributed by atoms with Gasteiger partial charge in [-0.3, -0.25) is 0 Å². The van der Waals surface area contributed by atoms with Gasteiger partial charge >= 0.3 is 48.9 Å². The van der Waals surface area contributed by atoms with Gasteiger partial charge in [0.25, 0.3) is 0 Å². The maximum atomic E-state index is 0. The zero-order valence-electron chi connectivity index (χ0n) is 2.29. The SMILES string of the molecule is [Ba+2].[F-].[F-].[F-].[IH2+]. The normalized spacial score (nSPS) is 0. The van der Waals surface area contributed by atoms with Crippen LogP contribution >= 0.6 is 0 Å². The van der Waals surface area contributed by atoms with Crippen molar-refractivity contribution < 1.29 is 38.1 Å². The van der Waals surface area contributed by atoms with Crippen LogP contribution in [0.1, 0.15) is 0 Å². The van der Waals surface area contributed by atoms with Crippen LogP contribution in [0.4, 0.5) is 0 Å². The van der Waals surface area contributed by atoms with Crippen LogP contribution in [0.3, 0.4) is 0 Å². The molecule has 5 heavy (non-hydrogen) atoms. The Kier molecular flexibility index (Phi) is 434. The maximum absolute atomic E-state index is 0. The standard InChI is InChI=1S/Ba.3FH.H2I/h;3*1H;1H2/q+2;;;;+1/p-3. The monoisotopic (exact) mass is 324 g/mol. The van der Waals surface area contributed by atoms with Gasteiger partial charge < -0.3 is 14.1 Å². The summed E-state index contributed by atoms with van der Waals surface area (Å²) in [6.07, 6.45) is 0. The minimum absolute atomic E-state index is 0. The zero-order chi connectivity index (χ0) is 0. The average Bonchev–Trinajstić information content (AvgIpc) is 0. The largest absolute Gasteiger partial charge is 2.00 e. The van der Waals surface area contributed by atoms with Crippen molar-refractivity contribution >= 4 is 48.9 Å². The molecule has 0 N–H and O–H groups in total. The van der Waals surface area contributed by atoms with Crippen molar-refractivity contribution in [1.29, 1.82) is 0 Å². The summed E-state index contributed by atoms with van der Waals surface area (Å²) in [5, 5.41) is 0. The average molecular weight is 323 g/mol. The summed E-state index contributed by atoms with van der Waals surface area (Å²) in [5.74, 6) is 0. The summed E-state index contributed by atoms with van der Waals surface area (Å²) in [7, 11) is 0. The van der Waals surface area contributed by atoms with Gasteiger partial charge in [0.15, 0.2) is 0 Å². The van der Waals surface area contributed by atoms with E-state index in [4.69, 9.17) is 0 Å². The first-order chi connectivity index (χ1) is 0. The van der Waals surface area contributed by atoms with Crippen LogP contribution in [0.15, 0.2) is 0 Å². The molecule has 0 aliphatic rings. The third-order valence-electron chi connectivity index (χ3n) is 0. The molecule has 0 aliphatic heterocycles. The fourth-order valence-corrected chi connectivity index (χ4v) is 0. The molecule has 0 nitrogen and oxygen atoms in total. The fraction of sp³-hybridized carbons (Fsp3) is 0. The van der Waals surface area contributed by atoms with Gasteiger partial charge in [0.2, 0.25) is 24.0 Å². The molecule has 0 aliphatic carbocycles. The Morgan fingerprint density at radius 2 is 0.600 bits per heavy atom. The molecule has 0 amide bonds. The Morgan fingerprint density at radius 3 is 0.600 bits per heavy atom. The van der Waals surface area contributed by atoms with Gasteiger partial charge in [-0.2, -0.15) is 0 Å². The van der Waals surface area contributed by atoms with E-state index >= 15 is 0 Å². The molecule has 0 heterocycles. The van der Waals surface area contributed by atoms with E-state index in [0.29, 0.717) is 0 Å². The fourth-order valence-electron chi connectivity index (χ4n) is 0. The topological polar surface area (TPSA) is 0 Å². The predicted molar refractivity (Wildman–Crippen MR) is 8.54 cm³/mol. The Hall–Kier alpha value is 2.09. The number of halogens is 4. The first-order valence-electron chi connectivity index (χ1n) is 0. The minimum Gasteiger partial charge on any atom is -1.00 e. The molecule has 0 aromatic rings. The van der Waals surface area contributed by atoms with Crippen molar-refractivity contribution in [3.05, 3.63) is 0 Å². The van der Waals surface area contributed by atoms with Gasteiger partial charge in [-0.25, -0.2) is 0 Å². The van der Waals surface area contributed by atoms with E-state index in [2.05, 4.69) is 0 Å². The van der Waals surface area contributed by atoms with Crippen molar-refractivity contribution in [2.45, 2.75) is 0 Å². The van der Waals surface area contributed by atoms with Gasteiger partial charge in [0.1, 0.15) is 0 Å². The van der Waals surface area contributed by atoms with Crippen LogP contribution < -0.4 is 38.1 Å². The Bertz CT molecular complexity index is 6.85. The van der Waals surface area contributed by atoms with E-state index in [0.717, 1.165) is 0 Å². The van der Waals surface area contributed by atoms with Gasteiger partial charge in [0.05, 0.1) is 0 Å². The molecule has 0 spiro atoms. The molecule has 0 rings (SSSR count). The van der Waals surface area contributed by atoms with E-state index in [-0.39, 0.29) is 87.0 Å². The Morgan fingerprint density at radius 1 is 0.600 bits per heavy atom. The second-order valence-corrected chi connectivity index (χ2v) is 0. The summed E-state index contributed by atoms with van der Waals surface area (Å²) in [4.78, 5) is 0. The van der Waals surface area contributed by atoms with E-state index in [9.17, 15) is 0 Å². The van der Waals surface area contributed by atoms with Gasteiger partial charge in [0, 0.05) is 0 Å². The third kappa shape index (κ3) is 23.3. The van der Waals surface area contributed by atoms with Crippen molar-refractivity contribution in [1.82, 2.24) is 0 Å². The zero-order valence-corrected chi connectivity index (χ0v) is 9.28. The second kappa shape index (κ2) is 36.1. The van der Waals surface area contributed by atoms with E-state index in [1.54, 1.807) is 0 Å². The second-order valence-electron chi connectivity index (χ2n) is 0. The van der Waals surface area contributed by atoms with Crippen LogP contribution in [0, 0.1) is 0 Å². The molecule has 0 aromatic carbocycles. The summed E-state index contributed by atoms with van der Waals surface area (Å²) in [6, 6.07) is 0. The quantitative estimate of drug-likeness (QED) is 0.307. The van der Waals surface area contributed by atoms with Crippen LogP contribution in [0.2, 0.25) is 0 Å². The van der Waals surface area contributed by atoms with Crippen molar-refractivity contribution in [3.63, 3.8) is 0 Å². The van der Waals surface area contributed by atoms with E-state index in [1.807, 2.05) is 0 Å². The first-order valence-corrected chi connectivity index (χ1v) is 0. The molecule has 32 valence electrons. The van der Waals surface area contributed by atoms with E-state index in [1.165, 1.54) is 0 Å². The molecule has 0 fully saturated rings. The first kappa shape index (κ1) is 60.2. The summed E-state index contributed by atoms with van der Waals surface area (Å²) < 4.78 is 0. The molecule has 0 radical (unpaired) electrons. The minimum atomic E-state index is 0. The smallest absolute Gasteiger partial charge is 1.00 e. The molecule has 0 aromatic heterocycles. The number of hydrogen-bond acceptors (Lipinski definition) is 0. The summed E-state index contributed by atoms with van der Waals surface area (Å²) >= 11 is 0. The van der Waals surface area contributed by atoms with Crippen molar-refractivity contribution in [2.75, 3.05) is 0 Å². The van der Waals surface area contributed by atoms with Crippen LogP contribution in [0.25, 0.3) is 0 Å². The predicted octanol–water partition coefficient (Wildman–Crippen LogP) is -12.9. The molecule has 0 bridgehead atoms. The summed E-state index contributed by atoms with van der Waals surface area (Å²) in [6.45, 7) is 0. The molecule has 0 saturated carbocycles. The molecule has 5 heteroatoms. The molecule has 0 unspecified atom stereocenters. The molecule has 0 atom stereocenters. The van der Waals surface area contributed by atoms with Crippen LogP contribution in [0.5, 0.6) is 0 Å². The molecule has 0 saturated heterocycles. The molecular formula is H2BaF3I. The Balaban J connectivity index is 0. The van der Waals surface area contributed by atoms with Gasteiger partial charge in [-0.1, -0.05) is 0 Å². The van der Waals surface area contributed by atoms with Gasteiger partial charge in [-0.15, -0.1) is 0 Å². The number of rotatable bonds is 0. The van der Waals surface area contributed by atoms with Crippen LogP contribution in [-0.4, -0.2) is 48.9 Å². The van der Waals surface area contributed by atoms with Crippen molar-refractivity contribution in [2.24, 2.45) is 0 Å². The number of hydrogen-bond donors (Lipinski definition) is 0. The summed E-state index contributed by atoms with van der Waals surface area (Å²) in [5.41, 5.74) is 0. The Labute approximate surface area is 85.3 Å². The van der Waals surface area contributed by atoms with Crippen molar-refractivity contribution in [3.8, 4) is 0 Å². The van der Waals surface area contributed by atoms with E-state index < -0.39 is 0 Å². The molecular weight excluding hydrogens is 321 g/mol.